The van der Waals surface area contributed by atoms with Gasteiger partial charge >= 0.3 is 0 Å². The molecule has 2 N–H and O–H groups in total. The Balaban J connectivity index is 1.72. The minimum Gasteiger partial charge on any atom is -0.848 e. The van der Waals surface area contributed by atoms with Crippen LogP contribution < -0.4 is 10.4 Å². The molecule has 1 aliphatic heterocycles. The first-order valence-electron chi connectivity index (χ1n) is 6.32. The number of rotatable bonds is 2. The Kier molecular flexibility index (Phi) is 3.82. The molecule has 2 rings (SSSR count). The van der Waals surface area contributed by atoms with Gasteiger partial charge in [-0.05, 0) is 12.3 Å². The lowest BCUT2D eigenvalue weighted by atomic mass is 9.80. The molecule has 2 fully saturated rings. The molecule has 2 nitrogen and oxygen atoms in total. The molecule has 1 aliphatic carbocycles. The van der Waals surface area contributed by atoms with Gasteiger partial charge in [0.1, 0.15) is 0 Å². The maximum atomic E-state index is 11.4. The highest BCUT2D eigenvalue weighted by Gasteiger charge is 2.23. The van der Waals surface area contributed by atoms with Crippen LogP contribution in [0.25, 0.3) is 0 Å². The first-order valence-corrected chi connectivity index (χ1v) is 6.32. The number of hydrogen-bond acceptors (Lipinski definition) is 1. The Morgan fingerprint density at radius 1 is 1.00 bits per heavy atom. The molecule has 14 heavy (non-hydrogen) atoms. The first kappa shape index (κ1) is 10.4. The second kappa shape index (κ2) is 5.13. The van der Waals surface area contributed by atoms with Crippen molar-refractivity contribution in [3.63, 3.8) is 0 Å². The summed E-state index contributed by atoms with van der Waals surface area (Å²) in [5, 5.41) is 13.6. The zero-order valence-electron chi connectivity index (χ0n) is 9.08. The minimum atomic E-state index is -0.280. The van der Waals surface area contributed by atoms with Crippen molar-refractivity contribution in [1.82, 2.24) is 0 Å². The molecule has 0 spiro atoms. The molecule has 2 unspecified atom stereocenters. The van der Waals surface area contributed by atoms with Crippen LogP contribution in [0.15, 0.2) is 0 Å². The van der Waals surface area contributed by atoms with E-state index in [4.69, 9.17) is 0 Å². The van der Waals surface area contributed by atoms with Gasteiger partial charge in [-0.3, -0.25) is 0 Å². The predicted octanol–water partition coefficient (Wildman–Crippen LogP) is 0.269. The standard InChI is InChI=1S/C12H22NO/c14-12-7-11(8-13-9-12)6-10-4-2-1-3-5-10/h10-13H,1-9H2/q-1/p+1. The van der Waals surface area contributed by atoms with Gasteiger partial charge in [-0.25, -0.2) is 0 Å². The van der Waals surface area contributed by atoms with Gasteiger partial charge in [0.25, 0.3) is 0 Å². The topological polar surface area (TPSA) is 39.7 Å². The van der Waals surface area contributed by atoms with Gasteiger partial charge in [0.2, 0.25) is 0 Å². The second-order valence-electron chi connectivity index (χ2n) is 5.22. The van der Waals surface area contributed by atoms with E-state index in [0.717, 1.165) is 24.8 Å². The minimum absolute atomic E-state index is 0.280. The van der Waals surface area contributed by atoms with E-state index in [-0.39, 0.29) is 6.10 Å². The number of piperidine rings is 1. The van der Waals surface area contributed by atoms with Crippen LogP contribution >= 0.6 is 0 Å². The molecule has 2 aliphatic rings. The maximum absolute atomic E-state index is 11.4. The van der Waals surface area contributed by atoms with E-state index in [1.807, 2.05) is 0 Å². The molecule has 0 bridgehead atoms. The van der Waals surface area contributed by atoms with Crippen LogP contribution in [-0.2, 0) is 0 Å². The number of nitrogens with two attached hydrogens (primary N) is 1. The first-order chi connectivity index (χ1) is 6.84. The third-order valence-electron chi connectivity index (χ3n) is 3.92. The van der Waals surface area contributed by atoms with Gasteiger partial charge in [0.05, 0.1) is 13.1 Å². The van der Waals surface area contributed by atoms with E-state index in [2.05, 4.69) is 5.32 Å². The second-order valence-corrected chi connectivity index (χ2v) is 5.22. The highest BCUT2D eigenvalue weighted by molar-refractivity contribution is 4.73. The lowest BCUT2D eigenvalue weighted by molar-refractivity contribution is -0.699. The third kappa shape index (κ3) is 2.96. The normalized spacial score (nSPS) is 35.8. The van der Waals surface area contributed by atoms with Crippen LogP contribution in [0.1, 0.15) is 44.9 Å². The molecule has 1 saturated heterocycles. The smallest absolute Gasteiger partial charge is 0.0783 e. The number of quaternary nitrogens is 1. The average Bonchev–Trinajstić information content (AvgIpc) is 2.19. The average molecular weight is 197 g/mol. The van der Waals surface area contributed by atoms with E-state index in [9.17, 15) is 5.11 Å². The van der Waals surface area contributed by atoms with Gasteiger partial charge in [-0.1, -0.05) is 44.6 Å². The SMILES string of the molecule is [O-]C1C[NH2+]CC(CC2CCCCC2)C1. The quantitative estimate of drug-likeness (QED) is 0.678. The lowest BCUT2D eigenvalue weighted by Gasteiger charge is -2.34. The van der Waals surface area contributed by atoms with Crippen molar-refractivity contribution in [3.8, 4) is 0 Å². The van der Waals surface area contributed by atoms with Crippen molar-refractivity contribution in [2.75, 3.05) is 13.1 Å². The van der Waals surface area contributed by atoms with Crippen molar-refractivity contribution in [1.29, 1.82) is 0 Å². The summed E-state index contributed by atoms with van der Waals surface area (Å²) in [7, 11) is 0. The van der Waals surface area contributed by atoms with Gasteiger partial charge in [0.15, 0.2) is 0 Å². The molecular formula is C12H23NO. The Bertz CT molecular complexity index is 166. The largest absolute Gasteiger partial charge is 0.848 e. The van der Waals surface area contributed by atoms with E-state index in [1.165, 1.54) is 45.1 Å². The molecule has 0 amide bonds. The Morgan fingerprint density at radius 3 is 2.50 bits per heavy atom. The van der Waals surface area contributed by atoms with Crippen molar-refractivity contribution >= 4 is 0 Å². The van der Waals surface area contributed by atoms with Crippen molar-refractivity contribution in [2.45, 2.75) is 51.0 Å². The molecule has 1 saturated carbocycles. The highest BCUT2D eigenvalue weighted by Crippen LogP contribution is 2.30. The fourth-order valence-corrected chi connectivity index (χ4v) is 3.17. The van der Waals surface area contributed by atoms with Crippen LogP contribution in [0.4, 0.5) is 0 Å². The van der Waals surface area contributed by atoms with E-state index in [1.54, 1.807) is 0 Å². The highest BCUT2D eigenvalue weighted by atomic mass is 16.3. The number of hydrogen-bond donors (Lipinski definition) is 1. The lowest BCUT2D eigenvalue weighted by Crippen LogP contribution is -2.90. The van der Waals surface area contributed by atoms with Gasteiger partial charge in [0, 0.05) is 5.92 Å². The monoisotopic (exact) mass is 197 g/mol. The summed E-state index contributed by atoms with van der Waals surface area (Å²) in [5.74, 6) is 1.68. The van der Waals surface area contributed by atoms with Gasteiger partial charge < -0.3 is 10.4 Å². The third-order valence-corrected chi connectivity index (χ3v) is 3.92. The molecule has 1 heterocycles. The molecule has 2 heteroatoms. The summed E-state index contributed by atoms with van der Waals surface area (Å²) < 4.78 is 0. The van der Waals surface area contributed by atoms with Crippen LogP contribution in [0.5, 0.6) is 0 Å². The van der Waals surface area contributed by atoms with E-state index < -0.39 is 0 Å². The molecule has 0 aromatic carbocycles. The molecular weight excluding hydrogens is 174 g/mol. The Labute approximate surface area is 87.1 Å². The van der Waals surface area contributed by atoms with Crippen LogP contribution in [0.3, 0.4) is 0 Å². The molecule has 2 atom stereocenters. The molecule has 0 radical (unpaired) electrons. The van der Waals surface area contributed by atoms with Crippen LogP contribution in [0.2, 0.25) is 0 Å². The summed E-state index contributed by atoms with van der Waals surface area (Å²) in [6.07, 6.45) is 9.18. The summed E-state index contributed by atoms with van der Waals surface area (Å²) in [4.78, 5) is 0. The zero-order valence-corrected chi connectivity index (χ0v) is 9.08. The van der Waals surface area contributed by atoms with Crippen LogP contribution in [-0.4, -0.2) is 19.2 Å². The fourth-order valence-electron chi connectivity index (χ4n) is 3.17. The molecule has 82 valence electrons. The Morgan fingerprint density at radius 2 is 1.79 bits per heavy atom. The Hall–Kier alpha value is -0.0800. The fraction of sp³-hybridized carbons (Fsp3) is 1.00. The summed E-state index contributed by atoms with van der Waals surface area (Å²) in [6.45, 7) is 2.04. The predicted molar refractivity (Wildman–Crippen MR) is 54.7 cm³/mol. The van der Waals surface area contributed by atoms with Gasteiger partial charge in [-0.2, -0.15) is 0 Å². The van der Waals surface area contributed by atoms with Crippen molar-refractivity contribution < 1.29 is 10.4 Å². The molecule has 0 aromatic heterocycles. The van der Waals surface area contributed by atoms with Crippen molar-refractivity contribution in [3.05, 3.63) is 0 Å². The summed E-state index contributed by atoms with van der Waals surface area (Å²) >= 11 is 0. The van der Waals surface area contributed by atoms with Crippen molar-refractivity contribution in [2.24, 2.45) is 11.8 Å². The van der Waals surface area contributed by atoms with Gasteiger partial charge in [-0.15, -0.1) is 0 Å². The zero-order chi connectivity index (χ0) is 9.80. The summed E-state index contributed by atoms with van der Waals surface area (Å²) in [6, 6.07) is 0. The molecule has 0 aromatic rings. The van der Waals surface area contributed by atoms with E-state index >= 15 is 0 Å². The van der Waals surface area contributed by atoms with E-state index in [0.29, 0.717) is 0 Å². The maximum Gasteiger partial charge on any atom is 0.0783 e. The van der Waals surface area contributed by atoms with Crippen LogP contribution in [0, 0.1) is 11.8 Å². The summed E-state index contributed by atoms with van der Waals surface area (Å²) in [5.41, 5.74) is 0.